The van der Waals surface area contributed by atoms with E-state index in [1.54, 1.807) is 0 Å². The zero-order valence-electron chi connectivity index (χ0n) is 8.01. The highest BCUT2D eigenvalue weighted by Gasteiger charge is 2.46. The van der Waals surface area contributed by atoms with E-state index in [1.807, 2.05) is 0 Å². The van der Waals surface area contributed by atoms with Crippen molar-refractivity contribution in [3.05, 3.63) is 0 Å². The Bertz CT molecular complexity index is 229. The van der Waals surface area contributed by atoms with Gasteiger partial charge in [-0.2, -0.15) is 0 Å². The van der Waals surface area contributed by atoms with Crippen LogP contribution in [-0.2, 0) is 19.0 Å². The van der Waals surface area contributed by atoms with Crippen LogP contribution in [0.5, 0.6) is 0 Å². The average molecular weight is 202 g/mol. The number of hydrogen-bond acceptors (Lipinski definition) is 5. The van der Waals surface area contributed by atoms with Gasteiger partial charge < -0.3 is 19.3 Å². The Hall–Kier alpha value is -0.650. The Kier molecular flexibility index (Phi) is 2.71. The molecule has 5 heteroatoms. The molecule has 80 valence electrons. The highest BCUT2D eigenvalue weighted by atomic mass is 16.7. The zero-order valence-corrected chi connectivity index (χ0v) is 8.01. The smallest absolute Gasteiger partial charge is 0.306 e. The van der Waals surface area contributed by atoms with E-state index >= 15 is 0 Å². The summed E-state index contributed by atoms with van der Waals surface area (Å²) < 4.78 is 15.6. The molecule has 0 radical (unpaired) electrons. The lowest BCUT2D eigenvalue weighted by Crippen LogP contribution is -2.44. The van der Waals surface area contributed by atoms with Gasteiger partial charge in [-0.25, -0.2) is 0 Å². The van der Waals surface area contributed by atoms with Gasteiger partial charge in [0, 0.05) is 19.4 Å². The van der Waals surface area contributed by atoms with Crippen LogP contribution in [0.15, 0.2) is 0 Å². The first-order chi connectivity index (χ1) is 6.74. The third kappa shape index (κ3) is 1.63. The largest absolute Gasteiger partial charge is 0.462 e. The fourth-order valence-electron chi connectivity index (χ4n) is 2.09. The standard InChI is InChI=1S/C9H14O5/c1-12-9-3-6-5(2-8(11)13-6)7(4-10)14-9/h5-7,9-10H,2-4H2,1H3/t5-,6-,7+,9?/m1/s1. The van der Waals surface area contributed by atoms with Crippen molar-refractivity contribution >= 4 is 5.97 Å². The van der Waals surface area contributed by atoms with E-state index in [-0.39, 0.29) is 37.0 Å². The third-order valence-electron chi connectivity index (χ3n) is 2.83. The quantitative estimate of drug-likeness (QED) is 0.621. The first kappa shape index (κ1) is 9.89. The first-order valence-corrected chi connectivity index (χ1v) is 4.73. The summed E-state index contributed by atoms with van der Waals surface area (Å²) in [5, 5.41) is 9.09. The molecule has 0 aromatic rings. The molecule has 2 aliphatic rings. The van der Waals surface area contributed by atoms with Crippen molar-refractivity contribution in [2.24, 2.45) is 5.92 Å². The molecule has 0 aromatic heterocycles. The van der Waals surface area contributed by atoms with Crippen molar-refractivity contribution in [1.82, 2.24) is 0 Å². The van der Waals surface area contributed by atoms with Crippen molar-refractivity contribution < 1.29 is 24.1 Å². The number of carbonyl (C=O) groups is 1. The zero-order chi connectivity index (χ0) is 10.1. The van der Waals surface area contributed by atoms with E-state index in [9.17, 15) is 4.79 Å². The molecule has 0 aromatic carbocycles. The van der Waals surface area contributed by atoms with Gasteiger partial charge in [-0.3, -0.25) is 4.79 Å². The summed E-state index contributed by atoms with van der Waals surface area (Å²) in [6, 6.07) is 0. The van der Waals surface area contributed by atoms with Crippen LogP contribution in [0, 0.1) is 5.92 Å². The maximum Gasteiger partial charge on any atom is 0.306 e. The van der Waals surface area contributed by atoms with E-state index < -0.39 is 0 Å². The Morgan fingerprint density at radius 3 is 3.07 bits per heavy atom. The van der Waals surface area contributed by atoms with Crippen LogP contribution < -0.4 is 0 Å². The van der Waals surface area contributed by atoms with Gasteiger partial charge >= 0.3 is 5.97 Å². The van der Waals surface area contributed by atoms with E-state index in [4.69, 9.17) is 19.3 Å². The van der Waals surface area contributed by atoms with Crippen LogP contribution in [-0.4, -0.2) is 43.3 Å². The summed E-state index contributed by atoms with van der Waals surface area (Å²) in [4.78, 5) is 11.1. The molecule has 0 aliphatic carbocycles. The Balaban J connectivity index is 2.07. The van der Waals surface area contributed by atoms with Crippen LogP contribution in [0.25, 0.3) is 0 Å². The molecule has 14 heavy (non-hydrogen) atoms. The predicted octanol–water partition coefficient (Wildman–Crippen LogP) is -0.328. The Labute approximate surface area is 81.9 Å². The predicted molar refractivity (Wildman–Crippen MR) is 45.4 cm³/mol. The summed E-state index contributed by atoms with van der Waals surface area (Å²) in [5.41, 5.74) is 0. The summed E-state index contributed by atoms with van der Waals surface area (Å²) >= 11 is 0. The minimum Gasteiger partial charge on any atom is -0.462 e. The molecule has 1 N–H and O–H groups in total. The second-order valence-electron chi connectivity index (χ2n) is 3.65. The molecule has 2 aliphatic heterocycles. The van der Waals surface area contributed by atoms with Crippen LogP contribution in [0.4, 0.5) is 0 Å². The first-order valence-electron chi connectivity index (χ1n) is 4.73. The lowest BCUT2D eigenvalue weighted by Gasteiger charge is -2.35. The lowest BCUT2D eigenvalue weighted by atomic mass is 9.90. The molecule has 2 rings (SSSR count). The number of aliphatic hydroxyl groups is 1. The van der Waals surface area contributed by atoms with E-state index in [0.29, 0.717) is 12.8 Å². The van der Waals surface area contributed by atoms with Crippen molar-refractivity contribution in [3.8, 4) is 0 Å². The summed E-state index contributed by atoms with van der Waals surface area (Å²) in [7, 11) is 1.54. The highest BCUT2D eigenvalue weighted by molar-refractivity contribution is 5.72. The molecule has 4 atom stereocenters. The van der Waals surface area contributed by atoms with Gasteiger partial charge in [0.05, 0.1) is 19.1 Å². The maximum absolute atomic E-state index is 11.1. The van der Waals surface area contributed by atoms with Gasteiger partial charge in [0.15, 0.2) is 6.29 Å². The van der Waals surface area contributed by atoms with Crippen molar-refractivity contribution in [2.75, 3.05) is 13.7 Å². The molecule has 5 nitrogen and oxygen atoms in total. The number of fused-ring (bicyclic) bond motifs is 1. The number of methoxy groups -OCH3 is 1. The fourth-order valence-corrected chi connectivity index (χ4v) is 2.09. The van der Waals surface area contributed by atoms with Crippen LogP contribution in [0.3, 0.4) is 0 Å². The molecule has 2 saturated heterocycles. The molecule has 1 unspecified atom stereocenters. The number of carbonyl (C=O) groups excluding carboxylic acids is 1. The average Bonchev–Trinajstić information content (AvgIpc) is 2.56. The van der Waals surface area contributed by atoms with E-state index in [1.165, 1.54) is 7.11 Å². The van der Waals surface area contributed by atoms with Gasteiger partial charge in [0.25, 0.3) is 0 Å². The van der Waals surface area contributed by atoms with Gasteiger partial charge in [0.2, 0.25) is 0 Å². The molecule has 2 fully saturated rings. The monoisotopic (exact) mass is 202 g/mol. The van der Waals surface area contributed by atoms with Gasteiger partial charge in [-0.15, -0.1) is 0 Å². The number of hydrogen-bond donors (Lipinski definition) is 1. The van der Waals surface area contributed by atoms with Crippen LogP contribution >= 0.6 is 0 Å². The summed E-state index contributed by atoms with van der Waals surface area (Å²) in [5.74, 6) is -0.224. The van der Waals surface area contributed by atoms with E-state index in [2.05, 4.69) is 0 Å². The minimum atomic E-state index is -0.376. The number of aliphatic hydroxyl groups excluding tert-OH is 1. The number of rotatable bonds is 2. The normalized spacial score (nSPS) is 42.0. The van der Waals surface area contributed by atoms with Crippen molar-refractivity contribution in [2.45, 2.75) is 31.3 Å². The Morgan fingerprint density at radius 2 is 2.43 bits per heavy atom. The molecule has 0 bridgehead atoms. The topological polar surface area (TPSA) is 65.0 Å². The van der Waals surface area contributed by atoms with E-state index in [0.717, 1.165) is 0 Å². The van der Waals surface area contributed by atoms with Crippen LogP contribution in [0.1, 0.15) is 12.8 Å². The minimum absolute atomic E-state index is 0.0149. The lowest BCUT2D eigenvalue weighted by molar-refractivity contribution is -0.224. The fraction of sp³-hybridized carbons (Fsp3) is 0.889. The molecule has 0 amide bonds. The van der Waals surface area contributed by atoms with Crippen molar-refractivity contribution in [1.29, 1.82) is 0 Å². The van der Waals surface area contributed by atoms with Crippen molar-refractivity contribution in [3.63, 3.8) is 0 Å². The molecule has 0 saturated carbocycles. The summed E-state index contributed by atoms with van der Waals surface area (Å²) in [6.07, 6.45) is 0.0261. The third-order valence-corrected chi connectivity index (χ3v) is 2.83. The molecular weight excluding hydrogens is 188 g/mol. The van der Waals surface area contributed by atoms with Gasteiger partial charge in [-0.05, 0) is 0 Å². The second kappa shape index (κ2) is 3.84. The molecule has 2 heterocycles. The van der Waals surface area contributed by atoms with Gasteiger partial charge in [0.1, 0.15) is 6.10 Å². The SMILES string of the molecule is COC1C[C@H]2OC(=O)C[C@H]2[C@H](CO)O1. The molecular formula is C9H14O5. The molecule has 0 spiro atoms. The number of esters is 1. The van der Waals surface area contributed by atoms with Crippen LogP contribution in [0.2, 0.25) is 0 Å². The highest BCUT2D eigenvalue weighted by Crippen LogP contribution is 2.35. The maximum atomic E-state index is 11.1. The van der Waals surface area contributed by atoms with Gasteiger partial charge in [-0.1, -0.05) is 0 Å². The Morgan fingerprint density at radius 1 is 1.64 bits per heavy atom. The summed E-state index contributed by atoms with van der Waals surface area (Å²) in [6.45, 7) is -0.0995. The number of ether oxygens (including phenoxy) is 3. The second-order valence-corrected chi connectivity index (χ2v) is 3.65.